The van der Waals surface area contributed by atoms with Gasteiger partial charge in [-0.15, -0.1) is 11.3 Å². The van der Waals surface area contributed by atoms with Crippen LogP contribution in [0.2, 0.25) is 0 Å². The molecule has 0 fully saturated rings. The molecule has 21 heavy (non-hydrogen) atoms. The van der Waals surface area contributed by atoms with Crippen LogP contribution in [0, 0.1) is 0 Å². The molecule has 0 aliphatic heterocycles. The lowest BCUT2D eigenvalue weighted by Gasteiger charge is -2.17. The Hall–Kier alpha value is -1.04. The molecule has 112 valence electrons. The summed E-state index contributed by atoms with van der Waals surface area (Å²) in [5.41, 5.74) is 2.14. The topological polar surface area (TPSA) is 38.7 Å². The molecule has 1 aliphatic rings. The first-order chi connectivity index (χ1) is 10.2. The predicted octanol–water partition coefficient (Wildman–Crippen LogP) is 4.10. The Kier molecular flexibility index (Phi) is 4.24. The molecule has 1 heterocycles. The molecule has 0 spiro atoms. The zero-order chi connectivity index (χ0) is 15.0. The number of thiophene rings is 1. The number of methoxy groups -OCH3 is 2. The molecule has 1 aromatic carbocycles. The molecule has 1 aliphatic carbocycles. The van der Waals surface area contributed by atoms with Crippen LogP contribution in [0.1, 0.15) is 33.4 Å². The van der Waals surface area contributed by atoms with E-state index in [2.05, 4.69) is 22.0 Å². The van der Waals surface area contributed by atoms with Crippen molar-refractivity contribution in [2.75, 3.05) is 14.2 Å². The molecule has 2 aromatic rings. The maximum atomic E-state index is 10.7. The minimum absolute atomic E-state index is 0.621. The number of aryl methyl sites for hydroxylation is 2. The minimum atomic E-state index is -0.669. The van der Waals surface area contributed by atoms with E-state index in [1.54, 1.807) is 25.6 Å². The van der Waals surface area contributed by atoms with E-state index in [4.69, 9.17) is 9.47 Å². The number of rotatable bonds is 4. The number of hydrogen-bond acceptors (Lipinski definition) is 4. The normalized spacial score (nSPS) is 14.9. The summed E-state index contributed by atoms with van der Waals surface area (Å²) in [6, 6.07) is 5.83. The molecule has 3 rings (SSSR count). The van der Waals surface area contributed by atoms with Crippen molar-refractivity contribution < 1.29 is 14.6 Å². The fraction of sp³-hybridized carbons (Fsp3) is 0.375. The van der Waals surface area contributed by atoms with Gasteiger partial charge in [-0.1, -0.05) is 0 Å². The van der Waals surface area contributed by atoms with Crippen LogP contribution in [-0.4, -0.2) is 19.3 Å². The molecule has 0 saturated heterocycles. The Morgan fingerprint density at radius 1 is 1.24 bits per heavy atom. The second kappa shape index (κ2) is 5.99. The van der Waals surface area contributed by atoms with E-state index in [1.165, 1.54) is 16.9 Å². The zero-order valence-corrected chi connectivity index (χ0v) is 14.4. The summed E-state index contributed by atoms with van der Waals surface area (Å²) < 4.78 is 11.5. The highest BCUT2D eigenvalue weighted by Crippen LogP contribution is 2.43. The van der Waals surface area contributed by atoms with Gasteiger partial charge in [-0.25, -0.2) is 0 Å². The van der Waals surface area contributed by atoms with Crippen LogP contribution in [0.5, 0.6) is 11.5 Å². The molecule has 1 N–H and O–H groups in total. The van der Waals surface area contributed by atoms with Gasteiger partial charge in [0.25, 0.3) is 0 Å². The van der Waals surface area contributed by atoms with Crippen LogP contribution in [0.15, 0.2) is 22.7 Å². The third kappa shape index (κ3) is 2.58. The summed E-state index contributed by atoms with van der Waals surface area (Å²) in [6.07, 6.45) is 2.82. The number of ether oxygens (including phenoxy) is 2. The van der Waals surface area contributed by atoms with Gasteiger partial charge in [-0.3, -0.25) is 0 Å². The smallest absolute Gasteiger partial charge is 0.142 e. The molecule has 0 radical (unpaired) electrons. The van der Waals surface area contributed by atoms with E-state index in [0.717, 1.165) is 27.8 Å². The Morgan fingerprint density at radius 2 is 2.05 bits per heavy atom. The summed E-state index contributed by atoms with van der Waals surface area (Å²) in [5.74, 6) is 1.31. The maximum Gasteiger partial charge on any atom is 0.142 e. The van der Waals surface area contributed by atoms with Crippen molar-refractivity contribution in [3.63, 3.8) is 0 Å². The molecule has 1 atom stereocenters. The van der Waals surface area contributed by atoms with Gasteiger partial charge in [0.1, 0.15) is 22.1 Å². The van der Waals surface area contributed by atoms with Crippen molar-refractivity contribution in [1.82, 2.24) is 0 Å². The maximum absolute atomic E-state index is 10.7. The fourth-order valence-electron chi connectivity index (χ4n) is 2.77. The molecule has 0 saturated carbocycles. The lowest BCUT2D eigenvalue weighted by molar-refractivity contribution is 0.218. The lowest BCUT2D eigenvalue weighted by atomic mass is 10.1. The number of halogens is 1. The monoisotopic (exact) mass is 368 g/mol. The number of aliphatic hydroxyl groups excluding tert-OH is 1. The largest absolute Gasteiger partial charge is 0.495 e. The standard InChI is InChI=1S/C16H17BrO3S/c1-19-11-7-6-10(16(20-2)14(11)17)15(18)13-8-9-4-3-5-12(9)21-13/h6-8,15,18H,3-5H2,1-2H3. The SMILES string of the molecule is COc1ccc(C(O)c2cc3c(s2)CCC3)c(OC)c1Br. The fourth-order valence-corrected chi connectivity index (χ4v) is 4.72. The summed E-state index contributed by atoms with van der Waals surface area (Å²) in [6.45, 7) is 0. The Labute approximate surface area is 136 Å². The van der Waals surface area contributed by atoms with Crippen molar-refractivity contribution in [2.45, 2.75) is 25.4 Å². The van der Waals surface area contributed by atoms with E-state index in [9.17, 15) is 5.11 Å². The van der Waals surface area contributed by atoms with Crippen LogP contribution in [0.25, 0.3) is 0 Å². The quantitative estimate of drug-likeness (QED) is 0.882. The highest BCUT2D eigenvalue weighted by atomic mass is 79.9. The highest BCUT2D eigenvalue weighted by Gasteiger charge is 2.24. The first kappa shape index (κ1) is 14.9. The third-order valence-corrected chi connectivity index (χ3v) is 5.89. The van der Waals surface area contributed by atoms with Gasteiger partial charge in [-0.05, 0) is 59.0 Å². The van der Waals surface area contributed by atoms with Crippen LogP contribution in [0.3, 0.4) is 0 Å². The molecule has 1 unspecified atom stereocenters. The summed E-state index contributed by atoms with van der Waals surface area (Å²) >= 11 is 5.19. The van der Waals surface area contributed by atoms with Crippen molar-refractivity contribution in [3.8, 4) is 11.5 Å². The Balaban J connectivity index is 2.00. The highest BCUT2D eigenvalue weighted by molar-refractivity contribution is 9.10. The Bertz CT molecular complexity index is 644. The molecule has 0 amide bonds. The second-order valence-corrected chi connectivity index (χ2v) is 7.02. The van der Waals surface area contributed by atoms with Gasteiger partial charge in [-0.2, -0.15) is 0 Å². The lowest BCUT2D eigenvalue weighted by Crippen LogP contribution is -2.02. The predicted molar refractivity (Wildman–Crippen MR) is 87.7 cm³/mol. The molecule has 5 heteroatoms. The van der Waals surface area contributed by atoms with Gasteiger partial charge in [0.05, 0.1) is 14.2 Å². The van der Waals surface area contributed by atoms with E-state index < -0.39 is 6.10 Å². The van der Waals surface area contributed by atoms with Gasteiger partial charge < -0.3 is 14.6 Å². The summed E-state index contributed by atoms with van der Waals surface area (Å²) in [7, 11) is 3.21. The molecule has 1 aromatic heterocycles. The number of hydrogen-bond donors (Lipinski definition) is 1. The van der Waals surface area contributed by atoms with E-state index >= 15 is 0 Å². The third-order valence-electron chi connectivity index (χ3n) is 3.85. The summed E-state index contributed by atoms with van der Waals surface area (Å²) in [4.78, 5) is 2.39. The van der Waals surface area contributed by atoms with Crippen molar-refractivity contribution in [2.24, 2.45) is 0 Å². The van der Waals surface area contributed by atoms with Crippen LogP contribution in [-0.2, 0) is 12.8 Å². The first-order valence-electron chi connectivity index (χ1n) is 6.85. The van der Waals surface area contributed by atoms with Crippen molar-refractivity contribution in [3.05, 3.63) is 43.6 Å². The minimum Gasteiger partial charge on any atom is -0.495 e. The number of aliphatic hydroxyl groups is 1. The number of fused-ring (bicyclic) bond motifs is 1. The number of benzene rings is 1. The molecule has 3 nitrogen and oxygen atoms in total. The molecular weight excluding hydrogens is 352 g/mol. The van der Waals surface area contributed by atoms with E-state index in [0.29, 0.717) is 11.5 Å². The first-order valence-corrected chi connectivity index (χ1v) is 8.46. The zero-order valence-electron chi connectivity index (χ0n) is 12.0. The van der Waals surface area contributed by atoms with Crippen LogP contribution in [0.4, 0.5) is 0 Å². The van der Waals surface area contributed by atoms with Gasteiger partial charge in [0, 0.05) is 15.3 Å². The van der Waals surface area contributed by atoms with Crippen LogP contribution >= 0.6 is 27.3 Å². The van der Waals surface area contributed by atoms with Gasteiger partial charge in [0.2, 0.25) is 0 Å². The molecular formula is C16H17BrO3S. The van der Waals surface area contributed by atoms with E-state index in [-0.39, 0.29) is 0 Å². The average Bonchev–Trinajstić information content (AvgIpc) is 3.07. The van der Waals surface area contributed by atoms with Crippen molar-refractivity contribution in [1.29, 1.82) is 0 Å². The summed E-state index contributed by atoms with van der Waals surface area (Å²) in [5, 5.41) is 10.7. The Morgan fingerprint density at radius 3 is 2.71 bits per heavy atom. The van der Waals surface area contributed by atoms with Gasteiger partial charge in [0.15, 0.2) is 0 Å². The van der Waals surface area contributed by atoms with Gasteiger partial charge >= 0.3 is 0 Å². The molecule has 0 bridgehead atoms. The van der Waals surface area contributed by atoms with Crippen molar-refractivity contribution >= 4 is 27.3 Å². The van der Waals surface area contributed by atoms with E-state index in [1.807, 2.05) is 12.1 Å². The average molecular weight is 369 g/mol. The second-order valence-electron chi connectivity index (χ2n) is 5.06. The van der Waals surface area contributed by atoms with Crippen LogP contribution < -0.4 is 9.47 Å².